The summed E-state index contributed by atoms with van der Waals surface area (Å²) < 4.78 is 0. The van der Waals surface area contributed by atoms with E-state index in [9.17, 15) is 0 Å². The van der Waals surface area contributed by atoms with Gasteiger partial charge in [0.2, 0.25) is 0 Å². The minimum absolute atomic E-state index is 0.0483. The van der Waals surface area contributed by atoms with Crippen LogP contribution in [0.2, 0.25) is 0 Å². The number of rotatable bonds is 2. The predicted octanol–water partition coefficient (Wildman–Crippen LogP) is 7.71. The molecule has 1 nitrogen and oxygen atoms in total. The molecule has 5 atom stereocenters. The van der Waals surface area contributed by atoms with Crippen molar-refractivity contribution in [1.29, 1.82) is 0 Å². The minimum atomic E-state index is 0.0483. The highest BCUT2D eigenvalue weighted by Crippen LogP contribution is 2.57. The molecule has 0 radical (unpaired) electrons. The highest BCUT2D eigenvalue weighted by atomic mass is 15.1. The average Bonchev–Trinajstić information content (AvgIpc) is 3.13. The van der Waals surface area contributed by atoms with Crippen LogP contribution < -0.4 is 0 Å². The summed E-state index contributed by atoms with van der Waals surface area (Å²) in [7, 11) is 4.52. The zero-order valence-corrected chi connectivity index (χ0v) is 22.0. The molecule has 5 rings (SSSR count). The fraction of sp³-hybridized carbons (Fsp3) is 0.500. The second kappa shape index (κ2) is 7.44. The zero-order valence-electron chi connectivity index (χ0n) is 22.0. The van der Waals surface area contributed by atoms with E-state index in [1.165, 1.54) is 33.4 Å². The molecule has 3 aliphatic rings. The first kappa shape index (κ1) is 22.7. The van der Waals surface area contributed by atoms with Crippen LogP contribution in [-0.2, 0) is 10.8 Å². The lowest BCUT2D eigenvalue weighted by molar-refractivity contribution is 0.208. The van der Waals surface area contributed by atoms with Gasteiger partial charge in [0, 0.05) is 17.4 Å². The molecule has 0 heterocycles. The molecule has 0 N–H and O–H groups in total. The third-order valence-electron chi connectivity index (χ3n) is 9.16. The summed E-state index contributed by atoms with van der Waals surface area (Å²) in [6, 6.07) is 17.0. The van der Waals surface area contributed by atoms with Gasteiger partial charge in [0.05, 0.1) is 0 Å². The highest BCUT2D eigenvalue weighted by molar-refractivity contribution is 5.92. The van der Waals surface area contributed by atoms with E-state index in [1.807, 2.05) is 0 Å². The number of hydrogen-bond donors (Lipinski definition) is 0. The Balaban J connectivity index is 1.57. The number of benzene rings is 2. The van der Waals surface area contributed by atoms with Crippen molar-refractivity contribution in [2.75, 3.05) is 14.1 Å². The highest BCUT2D eigenvalue weighted by Gasteiger charge is 2.50. The third kappa shape index (κ3) is 3.38. The second-order valence-electron chi connectivity index (χ2n) is 12.7. The van der Waals surface area contributed by atoms with E-state index in [0.717, 1.165) is 0 Å². The lowest BCUT2D eigenvalue weighted by Crippen LogP contribution is -2.36. The van der Waals surface area contributed by atoms with Crippen LogP contribution >= 0.6 is 0 Å². The number of nitrogens with zero attached hydrogens (tertiary/aromatic N) is 1. The Labute approximate surface area is 201 Å². The fourth-order valence-corrected chi connectivity index (χ4v) is 7.01. The Morgan fingerprint density at radius 2 is 1.42 bits per heavy atom. The van der Waals surface area contributed by atoms with Gasteiger partial charge in [0.25, 0.3) is 0 Å². The van der Waals surface area contributed by atoms with Crippen LogP contribution in [0.15, 0.2) is 60.2 Å². The molecule has 2 aromatic rings. The molecular formula is C32H41N. The molecule has 1 fully saturated rings. The molecule has 0 saturated heterocycles. The van der Waals surface area contributed by atoms with Crippen molar-refractivity contribution >= 4 is 5.57 Å². The summed E-state index contributed by atoms with van der Waals surface area (Å²) in [5.41, 5.74) is 10.2. The Morgan fingerprint density at radius 3 is 2.03 bits per heavy atom. The van der Waals surface area contributed by atoms with E-state index in [-0.39, 0.29) is 10.8 Å². The second-order valence-corrected chi connectivity index (χ2v) is 12.7. The molecule has 33 heavy (non-hydrogen) atoms. The SMILES string of the molecule is CC1C(C)C(N(C)C)C2C=C3C(=CC12)C(C)(C)c1cc(-c2ccc(C(C)(C)C)cc2)ccc13. The van der Waals surface area contributed by atoms with Crippen molar-refractivity contribution < 1.29 is 0 Å². The Kier molecular flexibility index (Phi) is 5.11. The normalized spacial score (nSPS) is 29.9. The van der Waals surface area contributed by atoms with Gasteiger partial charge in [0.15, 0.2) is 0 Å². The third-order valence-corrected chi connectivity index (χ3v) is 9.16. The maximum absolute atomic E-state index is 2.67. The van der Waals surface area contributed by atoms with E-state index in [2.05, 4.69) is 122 Å². The largest absolute Gasteiger partial charge is 0.306 e. The van der Waals surface area contributed by atoms with Crippen molar-refractivity contribution in [2.45, 2.75) is 65.3 Å². The van der Waals surface area contributed by atoms with Crippen molar-refractivity contribution in [2.24, 2.45) is 23.7 Å². The monoisotopic (exact) mass is 439 g/mol. The Hall–Kier alpha value is -2.12. The quantitative estimate of drug-likeness (QED) is 0.463. The van der Waals surface area contributed by atoms with Crippen molar-refractivity contribution in [3.05, 3.63) is 76.9 Å². The van der Waals surface area contributed by atoms with Gasteiger partial charge >= 0.3 is 0 Å². The first-order chi connectivity index (χ1) is 15.4. The predicted molar refractivity (Wildman–Crippen MR) is 142 cm³/mol. The first-order valence-electron chi connectivity index (χ1n) is 12.8. The van der Waals surface area contributed by atoms with Gasteiger partial charge in [-0.2, -0.15) is 0 Å². The number of allylic oxidation sites excluding steroid dienone is 3. The summed E-state index contributed by atoms with van der Waals surface area (Å²) in [5, 5.41) is 0. The van der Waals surface area contributed by atoms with Gasteiger partial charge in [-0.15, -0.1) is 0 Å². The van der Waals surface area contributed by atoms with Gasteiger partial charge in [-0.05, 0) is 82.3 Å². The van der Waals surface area contributed by atoms with E-state index in [0.29, 0.717) is 29.7 Å². The van der Waals surface area contributed by atoms with Crippen LogP contribution in [0.5, 0.6) is 0 Å². The smallest absolute Gasteiger partial charge is 0.0186 e. The minimum Gasteiger partial charge on any atom is -0.306 e. The van der Waals surface area contributed by atoms with Gasteiger partial charge in [-0.3, -0.25) is 0 Å². The summed E-state index contributed by atoms with van der Waals surface area (Å²) in [6.45, 7) is 16.6. The zero-order chi connectivity index (χ0) is 23.9. The van der Waals surface area contributed by atoms with Crippen LogP contribution in [0.3, 0.4) is 0 Å². The van der Waals surface area contributed by atoms with E-state index >= 15 is 0 Å². The van der Waals surface area contributed by atoms with E-state index < -0.39 is 0 Å². The molecule has 5 unspecified atom stereocenters. The molecule has 0 aliphatic heterocycles. The maximum atomic E-state index is 2.67. The van der Waals surface area contributed by atoms with Crippen LogP contribution in [0.1, 0.15) is 65.2 Å². The molecule has 0 spiro atoms. The lowest BCUT2D eigenvalue weighted by atomic mass is 9.74. The summed E-state index contributed by atoms with van der Waals surface area (Å²) in [6.07, 6.45) is 5.32. The molecule has 0 aromatic heterocycles. The van der Waals surface area contributed by atoms with Gasteiger partial charge in [-0.25, -0.2) is 0 Å². The summed E-state index contributed by atoms with van der Waals surface area (Å²) in [4.78, 5) is 2.47. The molecule has 1 saturated carbocycles. The standard InChI is InChI=1S/C32H41N/c1-19-20(2)30(33(8)9)27-17-26-24-15-12-22(21-10-13-23(14-11-21)31(3,4)5)16-28(24)32(6,7)29(26)18-25(19)27/h10-20,25,27,30H,1-9H3. The first-order valence-corrected chi connectivity index (χ1v) is 12.8. The van der Waals surface area contributed by atoms with Gasteiger partial charge < -0.3 is 4.90 Å². The lowest BCUT2D eigenvalue weighted by Gasteiger charge is -2.33. The Bertz CT molecular complexity index is 1140. The van der Waals surface area contributed by atoms with Gasteiger partial charge in [-0.1, -0.05) is 97.0 Å². The van der Waals surface area contributed by atoms with Crippen molar-refractivity contribution in [3.8, 4) is 11.1 Å². The van der Waals surface area contributed by atoms with Crippen molar-refractivity contribution in [3.63, 3.8) is 0 Å². The molecule has 2 aromatic carbocycles. The number of fused-ring (bicyclic) bond motifs is 4. The molecule has 1 heteroatoms. The van der Waals surface area contributed by atoms with Crippen molar-refractivity contribution in [1.82, 2.24) is 4.90 Å². The molecule has 3 aliphatic carbocycles. The van der Waals surface area contributed by atoms with E-state index in [1.54, 1.807) is 5.57 Å². The van der Waals surface area contributed by atoms with E-state index in [4.69, 9.17) is 0 Å². The summed E-state index contributed by atoms with van der Waals surface area (Å²) >= 11 is 0. The Morgan fingerprint density at radius 1 is 0.788 bits per heavy atom. The topological polar surface area (TPSA) is 3.24 Å². The molecular weight excluding hydrogens is 398 g/mol. The fourth-order valence-electron chi connectivity index (χ4n) is 7.01. The van der Waals surface area contributed by atoms with Crippen LogP contribution in [-0.4, -0.2) is 25.0 Å². The number of hydrogen-bond acceptors (Lipinski definition) is 1. The van der Waals surface area contributed by atoms with Crippen LogP contribution in [0.25, 0.3) is 16.7 Å². The van der Waals surface area contributed by atoms with Crippen LogP contribution in [0, 0.1) is 23.7 Å². The maximum Gasteiger partial charge on any atom is 0.0186 e. The molecule has 0 bridgehead atoms. The van der Waals surface area contributed by atoms with Gasteiger partial charge in [0.1, 0.15) is 0 Å². The summed E-state index contributed by atoms with van der Waals surface area (Å²) in [5.74, 6) is 2.67. The van der Waals surface area contributed by atoms with Crippen LogP contribution in [0.4, 0.5) is 0 Å². The molecule has 174 valence electrons. The average molecular weight is 440 g/mol. The molecule has 0 amide bonds.